The number of nitrogens with zero attached hydrogens (tertiary/aromatic N) is 1. The number of anilines is 1. The Kier molecular flexibility index (Phi) is 5.99. The summed E-state index contributed by atoms with van der Waals surface area (Å²) in [5.74, 6) is 0.230. The Morgan fingerprint density at radius 1 is 1.04 bits per heavy atom. The van der Waals surface area contributed by atoms with Crippen LogP contribution in [0.5, 0.6) is 5.75 Å². The SMILES string of the molecule is COc1ccccc1CNc1ccc(C(=O)NCc2ccc(F)cc2)nc1. The summed E-state index contributed by atoms with van der Waals surface area (Å²) < 4.78 is 18.2. The normalized spacial score (nSPS) is 10.3. The lowest BCUT2D eigenvalue weighted by atomic mass is 10.2. The number of methoxy groups -OCH3 is 1. The summed E-state index contributed by atoms with van der Waals surface area (Å²) in [5.41, 5.74) is 2.97. The van der Waals surface area contributed by atoms with E-state index in [0.29, 0.717) is 18.8 Å². The highest BCUT2D eigenvalue weighted by molar-refractivity contribution is 5.92. The number of hydrogen-bond donors (Lipinski definition) is 2. The molecule has 0 radical (unpaired) electrons. The first-order valence-corrected chi connectivity index (χ1v) is 8.50. The number of hydrogen-bond acceptors (Lipinski definition) is 4. The van der Waals surface area contributed by atoms with Crippen LogP contribution in [0.4, 0.5) is 10.1 Å². The number of carbonyl (C=O) groups excluding carboxylic acids is 1. The molecule has 0 fully saturated rings. The summed E-state index contributed by atoms with van der Waals surface area (Å²) >= 11 is 0. The molecule has 138 valence electrons. The maximum Gasteiger partial charge on any atom is 0.270 e. The highest BCUT2D eigenvalue weighted by atomic mass is 19.1. The lowest BCUT2D eigenvalue weighted by Gasteiger charge is -2.10. The van der Waals surface area contributed by atoms with Crippen LogP contribution in [0.2, 0.25) is 0 Å². The molecule has 27 heavy (non-hydrogen) atoms. The molecule has 0 aliphatic heterocycles. The maximum absolute atomic E-state index is 12.9. The van der Waals surface area contributed by atoms with Crippen LogP contribution < -0.4 is 15.4 Å². The molecule has 6 heteroatoms. The molecule has 0 atom stereocenters. The van der Waals surface area contributed by atoms with Gasteiger partial charge in [-0.05, 0) is 35.9 Å². The molecular formula is C21H20FN3O2. The largest absolute Gasteiger partial charge is 0.496 e. The van der Waals surface area contributed by atoms with Crippen molar-refractivity contribution in [1.82, 2.24) is 10.3 Å². The second-order valence-corrected chi connectivity index (χ2v) is 5.91. The Balaban J connectivity index is 1.54. The average Bonchev–Trinajstić information content (AvgIpc) is 2.72. The van der Waals surface area contributed by atoms with Gasteiger partial charge in [-0.3, -0.25) is 4.79 Å². The Morgan fingerprint density at radius 3 is 2.52 bits per heavy atom. The molecule has 1 aromatic heterocycles. The first kappa shape index (κ1) is 18.4. The molecule has 0 aliphatic rings. The summed E-state index contributed by atoms with van der Waals surface area (Å²) in [6.45, 7) is 0.899. The summed E-state index contributed by atoms with van der Waals surface area (Å²) in [4.78, 5) is 16.4. The molecule has 3 aromatic rings. The van der Waals surface area contributed by atoms with Crippen LogP contribution in [-0.4, -0.2) is 18.0 Å². The number of carbonyl (C=O) groups is 1. The number of pyridine rings is 1. The molecule has 0 spiro atoms. The Morgan fingerprint density at radius 2 is 1.81 bits per heavy atom. The van der Waals surface area contributed by atoms with E-state index in [1.165, 1.54) is 12.1 Å². The van der Waals surface area contributed by atoms with E-state index in [2.05, 4.69) is 15.6 Å². The molecule has 2 aromatic carbocycles. The number of para-hydroxylation sites is 1. The highest BCUT2D eigenvalue weighted by Gasteiger charge is 2.07. The molecular weight excluding hydrogens is 345 g/mol. The lowest BCUT2D eigenvalue weighted by molar-refractivity contribution is 0.0946. The molecule has 0 unspecified atom stereocenters. The van der Waals surface area contributed by atoms with Gasteiger partial charge < -0.3 is 15.4 Å². The third-order valence-corrected chi connectivity index (χ3v) is 4.04. The summed E-state index contributed by atoms with van der Waals surface area (Å²) in [7, 11) is 1.64. The highest BCUT2D eigenvalue weighted by Crippen LogP contribution is 2.18. The molecule has 5 nitrogen and oxygen atoms in total. The van der Waals surface area contributed by atoms with Crippen LogP contribution in [-0.2, 0) is 13.1 Å². The van der Waals surface area contributed by atoms with E-state index in [4.69, 9.17) is 4.74 Å². The zero-order chi connectivity index (χ0) is 19.1. The van der Waals surface area contributed by atoms with Gasteiger partial charge >= 0.3 is 0 Å². The molecule has 0 aliphatic carbocycles. The van der Waals surface area contributed by atoms with Crippen LogP contribution in [0.25, 0.3) is 0 Å². The topological polar surface area (TPSA) is 63.2 Å². The van der Waals surface area contributed by atoms with Crippen molar-refractivity contribution in [3.63, 3.8) is 0 Å². The van der Waals surface area contributed by atoms with E-state index < -0.39 is 0 Å². The van der Waals surface area contributed by atoms with Gasteiger partial charge in [-0.1, -0.05) is 30.3 Å². The number of benzene rings is 2. The zero-order valence-corrected chi connectivity index (χ0v) is 14.9. The summed E-state index contributed by atoms with van der Waals surface area (Å²) in [6, 6.07) is 17.2. The Labute approximate surface area is 157 Å². The maximum atomic E-state index is 12.9. The molecule has 3 rings (SSSR count). The molecule has 1 amide bonds. The van der Waals surface area contributed by atoms with Crippen LogP contribution in [0.15, 0.2) is 66.9 Å². The molecule has 0 saturated carbocycles. The number of ether oxygens (including phenoxy) is 1. The lowest BCUT2D eigenvalue weighted by Crippen LogP contribution is -2.23. The van der Waals surface area contributed by atoms with Gasteiger partial charge in [-0.2, -0.15) is 0 Å². The van der Waals surface area contributed by atoms with Gasteiger partial charge in [0.15, 0.2) is 0 Å². The molecule has 1 heterocycles. The quantitative estimate of drug-likeness (QED) is 0.669. The second kappa shape index (κ2) is 8.80. The fourth-order valence-corrected chi connectivity index (χ4v) is 2.55. The third kappa shape index (κ3) is 5.04. The van der Waals surface area contributed by atoms with Crippen molar-refractivity contribution in [1.29, 1.82) is 0 Å². The molecule has 0 saturated heterocycles. The smallest absolute Gasteiger partial charge is 0.270 e. The van der Waals surface area contributed by atoms with E-state index in [1.54, 1.807) is 37.6 Å². The van der Waals surface area contributed by atoms with Gasteiger partial charge in [-0.15, -0.1) is 0 Å². The first-order valence-electron chi connectivity index (χ1n) is 8.50. The van der Waals surface area contributed by atoms with Crippen LogP contribution in [0, 0.1) is 5.82 Å². The van der Waals surface area contributed by atoms with Crippen molar-refractivity contribution in [2.24, 2.45) is 0 Å². The van der Waals surface area contributed by atoms with Gasteiger partial charge in [-0.25, -0.2) is 9.37 Å². The monoisotopic (exact) mass is 365 g/mol. The fourth-order valence-electron chi connectivity index (χ4n) is 2.55. The number of amides is 1. The van der Waals surface area contributed by atoms with Gasteiger partial charge in [0.05, 0.1) is 19.0 Å². The van der Waals surface area contributed by atoms with Crippen LogP contribution in [0.3, 0.4) is 0 Å². The minimum Gasteiger partial charge on any atom is -0.496 e. The van der Waals surface area contributed by atoms with Crippen molar-refractivity contribution in [3.05, 3.63) is 89.5 Å². The minimum absolute atomic E-state index is 0.282. The zero-order valence-electron chi connectivity index (χ0n) is 14.9. The number of rotatable bonds is 7. The standard InChI is InChI=1S/C21H20FN3O2/c1-27-20-5-3-2-4-16(20)13-23-18-10-11-19(24-14-18)21(26)25-12-15-6-8-17(22)9-7-15/h2-11,14,23H,12-13H2,1H3,(H,25,26). The van der Waals surface area contributed by atoms with Crippen LogP contribution >= 0.6 is 0 Å². The van der Waals surface area contributed by atoms with Crippen molar-refractivity contribution < 1.29 is 13.9 Å². The van der Waals surface area contributed by atoms with E-state index in [-0.39, 0.29) is 11.7 Å². The predicted octanol–water partition coefficient (Wildman–Crippen LogP) is 3.77. The predicted molar refractivity (Wildman–Crippen MR) is 102 cm³/mol. The first-order chi connectivity index (χ1) is 13.2. The Bertz CT molecular complexity index is 896. The van der Waals surface area contributed by atoms with E-state index in [9.17, 15) is 9.18 Å². The Hall–Kier alpha value is -3.41. The summed E-state index contributed by atoms with van der Waals surface area (Å²) in [5, 5.41) is 6.02. The molecule has 0 bridgehead atoms. The van der Waals surface area contributed by atoms with Gasteiger partial charge in [0.25, 0.3) is 5.91 Å². The third-order valence-electron chi connectivity index (χ3n) is 4.04. The van der Waals surface area contributed by atoms with Gasteiger partial charge in [0.1, 0.15) is 17.3 Å². The van der Waals surface area contributed by atoms with Crippen molar-refractivity contribution in [3.8, 4) is 5.75 Å². The number of aromatic nitrogens is 1. The minimum atomic E-state index is -0.303. The molecule has 2 N–H and O–H groups in total. The average molecular weight is 365 g/mol. The number of nitrogens with one attached hydrogen (secondary N) is 2. The van der Waals surface area contributed by atoms with Crippen LogP contribution in [0.1, 0.15) is 21.6 Å². The summed E-state index contributed by atoms with van der Waals surface area (Å²) in [6.07, 6.45) is 1.61. The van der Waals surface area contributed by atoms with Gasteiger partial charge in [0.2, 0.25) is 0 Å². The van der Waals surface area contributed by atoms with Gasteiger partial charge in [0, 0.05) is 18.7 Å². The fraction of sp³-hybridized carbons (Fsp3) is 0.143. The second-order valence-electron chi connectivity index (χ2n) is 5.91. The number of halogens is 1. The van der Waals surface area contributed by atoms with Crippen molar-refractivity contribution in [2.45, 2.75) is 13.1 Å². The van der Waals surface area contributed by atoms with Crippen molar-refractivity contribution in [2.75, 3.05) is 12.4 Å². The van der Waals surface area contributed by atoms with E-state index >= 15 is 0 Å². The van der Waals surface area contributed by atoms with Crippen molar-refractivity contribution >= 4 is 11.6 Å². The van der Waals surface area contributed by atoms with E-state index in [0.717, 1.165) is 22.6 Å². The van der Waals surface area contributed by atoms with E-state index in [1.807, 2.05) is 24.3 Å².